The fourth-order valence-electron chi connectivity index (χ4n) is 4.84. The maximum absolute atomic E-state index is 15.2. The van der Waals surface area contributed by atoms with Gasteiger partial charge in [-0.2, -0.15) is 0 Å². The first-order chi connectivity index (χ1) is 21.6. The van der Waals surface area contributed by atoms with Crippen molar-refractivity contribution < 1.29 is 33.9 Å². The van der Waals surface area contributed by atoms with E-state index in [0.29, 0.717) is 33.8 Å². The maximum atomic E-state index is 15.2. The molecule has 5 rings (SSSR count). The van der Waals surface area contributed by atoms with Gasteiger partial charge in [0, 0.05) is 29.4 Å². The number of nitrogens with zero attached hydrogens (tertiary/aromatic N) is 3. The summed E-state index contributed by atoms with van der Waals surface area (Å²) in [4.78, 5) is 43.6. The third-order valence-electron chi connectivity index (χ3n) is 7.09. The molecule has 0 aliphatic carbocycles. The number of quaternary nitrogens is 1. The predicted molar refractivity (Wildman–Crippen MR) is 165 cm³/mol. The summed E-state index contributed by atoms with van der Waals surface area (Å²) in [6, 6.07) is 19.1. The van der Waals surface area contributed by atoms with Crippen LogP contribution in [-0.2, 0) is 16.1 Å². The third-order valence-corrected chi connectivity index (χ3v) is 7.09. The molecule has 2 aromatic heterocycles. The maximum Gasteiger partial charge on any atom is 0.364 e. The summed E-state index contributed by atoms with van der Waals surface area (Å²) < 4.78 is 34.7. The Morgan fingerprint density at radius 1 is 1.02 bits per heavy atom. The Bertz CT molecular complexity index is 1940. The fourth-order valence-corrected chi connectivity index (χ4v) is 4.84. The highest BCUT2D eigenvalue weighted by Crippen LogP contribution is 2.33. The van der Waals surface area contributed by atoms with Crippen LogP contribution >= 0.6 is 0 Å². The van der Waals surface area contributed by atoms with Crippen LogP contribution in [0.4, 0.5) is 10.1 Å². The molecule has 0 spiro atoms. The zero-order chi connectivity index (χ0) is 32.2. The molecule has 0 aliphatic rings. The van der Waals surface area contributed by atoms with E-state index < -0.39 is 35.4 Å². The van der Waals surface area contributed by atoms with Crippen LogP contribution in [0.3, 0.4) is 0 Å². The van der Waals surface area contributed by atoms with Crippen LogP contribution in [0.25, 0.3) is 16.6 Å². The van der Waals surface area contributed by atoms with Crippen LogP contribution in [-0.4, -0.2) is 45.5 Å². The molecular weight excluding hydrogens is 581 g/mol. The van der Waals surface area contributed by atoms with Gasteiger partial charge in [-0.1, -0.05) is 18.2 Å². The van der Waals surface area contributed by atoms with Crippen molar-refractivity contribution in [1.29, 1.82) is 0 Å². The van der Waals surface area contributed by atoms with E-state index in [1.807, 2.05) is 0 Å². The van der Waals surface area contributed by atoms with E-state index in [1.54, 1.807) is 93.4 Å². The van der Waals surface area contributed by atoms with Crippen molar-refractivity contribution in [1.82, 2.24) is 14.3 Å². The molecular formula is C33H33FN5O6+. The number of amides is 1. The molecule has 2 unspecified atom stereocenters. The number of methoxy groups -OCH3 is 1. The summed E-state index contributed by atoms with van der Waals surface area (Å²) in [7, 11) is 1.55. The van der Waals surface area contributed by atoms with Crippen molar-refractivity contribution >= 4 is 28.5 Å². The first-order valence-corrected chi connectivity index (χ1v) is 14.2. The monoisotopic (exact) mass is 614 g/mol. The van der Waals surface area contributed by atoms with E-state index in [0.717, 1.165) is 6.07 Å². The zero-order valence-electron chi connectivity index (χ0n) is 25.2. The molecule has 2 heterocycles. The number of halogens is 1. The lowest BCUT2D eigenvalue weighted by molar-refractivity contribution is -0.403. The Hall–Kier alpha value is -5.49. The van der Waals surface area contributed by atoms with Gasteiger partial charge in [-0.3, -0.25) is 19.3 Å². The number of carbonyl (C=O) groups is 2. The first-order valence-electron chi connectivity index (χ1n) is 14.2. The number of esters is 1. The second-order valence-electron chi connectivity index (χ2n) is 10.5. The summed E-state index contributed by atoms with van der Waals surface area (Å²) in [6.45, 7) is 5.04. The number of carbonyl (C=O) groups excluding carboxylic acids is 2. The Kier molecular flexibility index (Phi) is 8.96. The number of fused-ring (bicyclic) bond motifs is 1. The molecule has 0 saturated heterocycles. The number of benzene rings is 3. The van der Waals surface area contributed by atoms with Crippen molar-refractivity contribution in [2.75, 3.05) is 12.4 Å². The molecule has 2 atom stereocenters. The van der Waals surface area contributed by atoms with Gasteiger partial charge in [0.1, 0.15) is 23.2 Å². The number of pyridine rings is 1. The van der Waals surface area contributed by atoms with Crippen molar-refractivity contribution in [3.8, 4) is 22.9 Å². The van der Waals surface area contributed by atoms with E-state index in [9.17, 15) is 14.4 Å². The minimum Gasteiger partial charge on any atom is -0.497 e. The molecule has 1 amide bonds. The second-order valence-corrected chi connectivity index (χ2v) is 10.5. The van der Waals surface area contributed by atoms with Crippen LogP contribution in [0, 0.1) is 12.7 Å². The molecule has 0 saturated carbocycles. The van der Waals surface area contributed by atoms with E-state index in [-0.39, 0.29) is 23.5 Å². The molecule has 0 aliphatic heterocycles. The van der Waals surface area contributed by atoms with Gasteiger partial charge < -0.3 is 25.3 Å². The van der Waals surface area contributed by atoms with Crippen molar-refractivity contribution in [3.63, 3.8) is 0 Å². The van der Waals surface area contributed by atoms with Crippen LogP contribution in [0.5, 0.6) is 17.2 Å². The van der Waals surface area contributed by atoms with E-state index >= 15 is 4.39 Å². The summed E-state index contributed by atoms with van der Waals surface area (Å²) in [5, 5.41) is 3.29. The molecule has 0 bridgehead atoms. The summed E-state index contributed by atoms with van der Waals surface area (Å²) in [6.07, 6.45) is 0.922. The molecule has 45 heavy (non-hydrogen) atoms. The molecule has 3 aromatic carbocycles. The second kappa shape index (κ2) is 13.0. The normalized spacial score (nSPS) is 12.4. The lowest BCUT2D eigenvalue weighted by Crippen LogP contribution is -2.63. The molecule has 5 aromatic rings. The molecule has 4 N–H and O–H groups in total. The average molecular weight is 615 g/mol. The topological polar surface area (TPSA) is 141 Å². The van der Waals surface area contributed by atoms with Gasteiger partial charge in [0.05, 0.1) is 30.6 Å². The Morgan fingerprint density at radius 2 is 1.78 bits per heavy atom. The molecule has 0 radical (unpaired) electrons. The molecule has 11 nitrogen and oxygen atoms in total. The summed E-state index contributed by atoms with van der Waals surface area (Å²) in [5.41, 5.74) is 4.56. The van der Waals surface area contributed by atoms with E-state index in [1.165, 1.54) is 16.8 Å². The smallest absolute Gasteiger partial charge is 0.364 e. The number of rotatable bonds is 10. The SMILES string of the molecule is COc1ccc2c(Oc3ccc(NC(=O)c4c(C)n(CC(C)OC(=O)C(C)[NH3+])n(-c5ccccc5)c4=O)cc3F)ccnc2c1. The Balaban J connectivity index is 1.41. The minimum absolute atomic E-state index is 0.0646. The van der Waals surface area contributed by atoms with Crippen LogP contribution in [0.15, 0.2) is 83.8 Å². The van der Waals surface area contributed by atoms with Gasteiger partial charge in [0.25, 0.3) is 11.5 Å². The number of hydrogen-bond donors (Lipinski definition) is 2. The standard InChI is InChI=1S/C33H32FN5O6/c1-19(44-33(42)20(2)35)18-38-21(3)30(32(41)39(38)23-8-6-5-7-9-23)31(40)37-22-10-13-29(26(34)16-22)45-28-14-15-36-27-17-24(43-4)11-12-25(27)28/h5-17,19-20H,18,35H2,1-4H3,(H,37,40)/p+1. The molecule has 232 valence electrons. The average Bonchev–Trinajstić information content (AvgIpc) is 3.26. The first kappa shape index (κ1) is 31.0. The van der Waals surface area contributed by atoms with Gasteiger partial charge in [-0.15, -0.1) is 0 Å². The number of aromatic nitrogens is 3. The lowest BCUT2D eigenvalue weighted by atomic mass is 10.2. The van der Waals surface area contributed by atoms with Crippen LogP contribution in [0.2, 0.25) is 0 Å². The molecule has 0 fully saturated rings. The quantitative estimate of drug-likeness (QED) is 0.224. The Morgan fingerprint density at radius 3 is 2.47 bits per heavy atom. The van der Waals surface area contributed by atoms with Gasteiger partial charge in [-0.05, 0) is 63.2 Å². The fraction of sp³-hybridized carbons (Fsp3) is 0.212. The highest BCUT2D eigenvalue weighted by molar-refractivity contribution is 6.05. The third kappa shape index (κ3) is 6.55. The lowest BCUT2D eigenvalue weighted by Gasteiger charge is -2.19. The van der Waals surface area contributed by atoms with Crippen molar-refractivity contribution in [2.45, 2.75) is 39.5 Å². The number of hydrogen-bond acceptors (Lipinski definition) is 7. The molecule has 12 heteroatoms. The summed E-state index contributed by atoms with van der Waals surface area (Å²) >= 11 is 0. The highest BCUT2D eigenvalue weighted by atomic mass is 19.1. The van der Waals surface area contributed by atoms with Gasteiger partial charge in [-0.25, -0.2) is 13.9 Å². The number of nitrogens with one attached hydrogen (secondary N) is 1. The van der Waals surface area contributed by atoms with Gasteiger partial charge >= 0.3 is 5.97 Å². The van der Waals surface area contributed by atoms with Crippen molar-refractivity contribution in [2.24, 2.45) is 0 Å². The largest absolute Gasteiger partial charge is 0.497 e. The number of ether oxygens (including phenoxy) is 3. The zero-order valence-corrected chi connectivity index (χ0v) is 25.2. The van der Waals surface area contributed by atoms with Gasteiger partial charge in [0.15, 0.2) is 17.6 Å². The van der Waals surface area contributed by atoms with Crippen LogP contribution in [0.1, 0.15) is 29.9 Å². The van der Waals surface area contributed by atoms with Crippen LogP contribution < -0.4 is 26.1 Å². The van der Waals surface area contributed by atoms with E-state index in [2.05, 4.69) is 16.0 Å². The number of anilines is 1. The van der Waals surface area contributed by atoms with Crippen molar-refractivity contribution in [3.05, 3.63) is 106 Å². The summed E-state index contributed by atoms with van der Waals surface area (Å²) in [5.74, 6) is -0.977. The minimum atomic E-state index is -0.724. The highest BCUT2D eigenvalue weighted by Gasteiger charge is 2.26. The Labute approximate surface area is 257 Å². The predicted octanol–water partition coefficient (Wildman–Crippen LogP) is 4.25. The number of para-hydroxylation sites is 1. The van der Waals surface area contributed by atoms with Gasteiger partial charge in [0.2, 0.25) is 0 Å². The van der Waals surface area contributed by atoms with E-state index in [4.69, 9.17) is 14.2 Å².